The number of benzene rings is 2. The monoisotopic (exact) mass is 440 g/mol. The lowest BCUT2D eigenvalue weighted by molar-refractivity contribution is -0.115. The molecule has 0 bridgehead atoms. The van der Waals surface area contributed by atoms with E-state index in [1.807, 2.05) is 6.07 Å². The molecule has 0 saturated heterocycles. The summed E-state index contributed by atoms with van der Waals surface area (Å²) in [7, 11) is 2.81. The first kappa shape index (κ1) is 22.0. The maximum Gasteiger partial charge on any atom is 0.338 e. The number of para-hydroxylation sites is 2. The molecule has 0 aliphatic rings. The van der Waals surface area contributed by atoms with Gasteiger partial charge in [-0.3, -0.25) is 9.69 Å². The van der Waals surface area contributed by atoms with Crippen molar-refractivity contribution in [1.29, 1.82) is 0 Å². The lowest BCUT2D eigenvalue weighted by Crippen LogP contribution is -2.23. The van der Waals surface area contributed by atoms with E-state index in [0.717, 1.165) is 0 Å². The van der Waals surface area contributed by atoms with Crippen LogP contribution in [0.25, 0.3) is 0 Å². The molecule has 1 amide bonds. The summed E-state index contributed by atoms with van der Waals surface area (Å²) in [5, 5.41) is 2.15. The van der Waals surface area contributed by atoms with E-state index in [4.69, 9.17) is 9.47 Å². The Kier molecular flexibility index (Phi) is 6.99. The molecule has 160 valence electrons. The second-order valence-corrected chi connectivity index (χ2v) is 7.13. The number of hydrogen-bond donors (Lipinski definition) is 0. The number of amides is 1. The van der Waals surface area contributed by atoms with Gasteiger partial charge in [-0.2, -0.15) is 0 Å². The average Bonchev–Trinajstić information content (AvgIpc) is 3.25. The van der Waals surface area contributed by atoms with Crippen LogP contribution >= 0.6 is 11.3 Å². The third kappa shape index (κ3) is 5.07. The highest BCUT2D eigenvalue weighted by Crippen LogP contribution is 2.35. The van der Waals surface area contributed by atoms with Crippen molar-refractivity contribution in [3.05, 3.63) is 70.7 Å². The second kappa shape index (κ2) is 9.86. The number of hydrogen-bond acceptors (Lipinski definition) is 8. The summed E-state index contributed by atoms with van der Waals surface area (Å²) in [5.74, 6) is -0.733. The predicted molar refractivity (Wildman–Crippen MR) is 115 cm³/mol. The van der Waals surface area contributed by atoms with Crippen molar-refractivity contribution in [2.45, 2.75) is 13.5 Å². The fourth-order valence-electron chi connectivity index (χ4n) is 2.77. The molecule has 1 aromatic heterocycles. The van der Waals surface area contributed by atoms with Gasteiger partial charge in [-0.25, -0.2) is 14.6 Å². The molecule has 0 radical (unpaired) electrons. The smallest absolute Gasteiger partial charge is 0.338 e. The second-order valence-electron chi connectivity index (χ2n) is 6.29. The minimum absolute atomic E-state index is 0.0637. The van der Waals surface area contributed by atoms with Crippen LogP contribution in [0.2, 0.25) is 0 Å². The lowest BCUT2D eigenvalue weighted by Gasteiger charge is -2.20. The molecule has 0 saturated carbocycles. The van der Waals surface area contributed by atoms with Crippen LogP contribution in [0.3, 0.4) is 0 Å². The first-order chi connectivity index (χ1) is 14.9. The molecular formula is C22H20N2O6S. The fraction of sp³-hybridized carbons (Fsp3) is 0.182. The van der Waals surface area contributed by atoms with Crippen LogP contribution < -0.4 is 9.64 Å². The van der Waals surface area contributed by atoms with Crippen molar-refractivity contribution in [1.82, 2.24) is 4.98 Å². The summed E-state index contributed by atoms with van der Waals surface area (Å²) in [5.41, 5.74) is 1.70. The number of esters is 2. The van der Waals surface area contributed by atoms with Crippen LogP contribution in [0.4, 0.5) is 10.8 Å². The third-order valence-corrected chi connectivity index (χ3v) is 5.14. The predicted octanol–water partition coefficient (Wildman–Crippen LogP) is 3.98. The number of carbonyl (C=O) groups is 3. The van der Waals surface area contributed by atoms with Crippen LogP contribution in [0.5, 0.6) is 5.75 Å². The standard InChI is InChI=1S/C22H20N2O6S/c1-14(25)24(18-6-4-5-7-19(18)28-2)22-23-17(13-31-22)12-30-21(27)16-10-8-15(9-11-16)20(26)29-3/h4-11,13H,12H2,1-3H3. The molecule has 0 unspecified atom stereocenters. The number of methoxy groups -OCH3 is 2. The van der Waals surface area contributed by atoms with E-state index in [9.17, 15) is 14.4 Å². The molecule has 3 aromatic rings. The van der Waals surface area contributed by atoms with Crippen molar-refractivity contribution < 1.29 is 28.6 Å². The number of rotatable bonds is 7. The van der Waals surface area contributed by atoms with Crippen molar-refractivity contribution in [2.24, 2.45) is 0 Å². The largest absolute Gasteiger partial charge is 0.495 e. The average molecular weight is 440 g/mol. The van der Waals surface area contributed by atoms with Gasteiger partial charge in [0.1, 0.15) is 12.4 Å². The van der Waals surface area contributed by atoms with E-state index in [2.05, 4.69) is 9.72 Å². The minimum atomic E-state index is -0.556. The van der Waals surface area contributed by atoms with Gasteiger partial charge in [0.2, 0.25) is 5.91 Å². The van der Waals surface area contributed by atoms with Crippen molar-refractivity contribution in [3.8, 4) is 5.75 Å². The van der Waals surface area contributed by atoms with Crippen LogP contribution in [-0.4, -0.2) is 37.0 Å². The normalized spacial score (nSPS) is 10.3. The highest BCUT2D eigenvalue weighted by molar-refractivity contribution is 7.14. The van der Waals surface area contributed by atoms with Crippen LogP contribution in [0.15, 0.2) is 53.9 Å². The SMILES string of the molecule is COC(=O)c1ccc(C(=O)OCc2csc(N(C(C)=O)c3ccccc3OC)n2)cc1. The fourth-order valence-corrected chi connectivity index (χ4v) is 3.63. The van der Waals surface area contributed by atoms with E-state index >= 15 is 0 Å². The van der Waals surface area contributed by atoms with Gasteiger partial charge in [0.25, 0.3) is 0 Å². The van der Waals surface area contributed by atoms with Gasteiger partial charge in [0.05, 0.1) is 36.7 Å². The van der Waals surface area contributed by atoms with E-state index in [0.29, 0.717) is 33.4 Å². The van der Waals surface area contributed by atoms with Gasteiger partial charge >= 0.3 is 11.9 Å². The third-order valence-electron chi connectivity index (χ3n) is 4.26. The number of ether oxygens (including phenoxy) is 3. The van der Waals surface area contributed by atoms with Crippen LogP contribution in [-0.2, 0) is 20.9 Å². The molecular weight excluding hydrogens is 420 g/mol. The molecule has 0 N–H and O–H groups in total. The van der Waals surface area contributed by atoms with Crippen LogP contribution in [0.1, 0.15) is 33.3 Å². The summed E-state index contributed by atoms with van der Waals surface area (Å²) in [6, 6.07) is 13.1. The highest BCUT2D eigenvalue weighted by Gasteiger charge is 2.21. The Labute approximate surface area is 183 Å². The first-order valence-corrected chi connectivity index (χ1v) is 10.1. The first-order valence-electron chi connectivity index (χ1n) is 9.18. The molecule has 0 spiro atoms. The molecule has 0 aliphatic carbocycles. The summed E-state index contributed by atoms with van der Waals surface area (Å²) in [6.45, 7) is 1.37. The summed E-state index contributed by atoms with van der Waals surface area (Å²) in [4.78, 5) is 41.9. The van der Waals surface area contributed by atoms with Gasteiger partial charge in [0.15, 0.2) is 5.13 Å². The lowest BCUT2D eigenvalue weighted by atomic mass is 10.1. The molecule has 1 heterocycles. The zero-order chi connectivity index (χ0) is 22.4. The summed E-state index contributed by atoms with van der Waals surface area (Å²) in [6.07, 6.45) is 0. The molecule has 0 aliphatic heterocycles. The zero-order valence-electron chi connectivity index (χ0n) is 17.2. The van der Waals surface area contributed by atoms with E-state index in [-0.39, 0.29) is 12.5 Å². The Morgan fingerprint density at radius 1 is 0.968 bits per heavy atom. The van der Waals surface area contributed by atoms with E-state index in [1.54, 1.807) is 23.6 Å². The number of anilines is 2. The molecule has 2 aromatic carbocycles. The van der Waals surface area contributed by atoms with E-state index in [1.165, 1.54) is 61.6 Å². The van der Waals surface area contributed by atoms with Crippen molar-refractivity contribution in [2.75, 3.05) is 19.1 Å². The van der Waals surface area contributed by atoms with E-state index < -0.39 is 11.9 Å². The van der Waals surface area contributed by atoms with Crippen molar-refractivity contribution in [3.63, 3.8) is 0 Å². The maximum absolute atomic E-state index is 12.3. The van der Waals surface area contributed by atoms with Gasteiger partial charge in [-0.15, -0.1) is 11.3 Å². The molecule has 3 rings (SSSR count). The van der Waals surface area contributed by atoms with Gasteiger partial charge < -0.3 is 14.2 Å². The number of nitrogens with zero attached hydrogens (tertiary/aromatic N) is 2. The van der Waals surface area contributed by atoms with Gasteiger partial charge in [-0.1, -0.05) is 12.1 Å². The number of carbonyl (C=O) groups excluding carboxylic acids is 3. The maximum atomic E-state index is 12.3. The highest BCUT2D eigenvalue weighted by atomic mass is 32.1. The Balaban J connectivity index is 1.71. The zero-order valence-corrected chi connectivity index (χ0v) is 18.0. The minimum Gasteiger partial charge on any atom is -0.495 e. The van der Waals surface area contributed by atoms with Gasteiger partial charge in [0, 0.05) is 12.3 Å². The Morgan fingerprint density at radius 3 is 2.23 bits per heavy atom. The quantitative estimate of drug-likeness (QED) is 0.513. The topological polar surface area (TPSA) is 95.0 Å². The molecule has 8 nitrogen and oxygen atoms in total. The molecule has 9 heteroatoms. The molecule has 0 atom stereocenters. The van der Waals surface area contributed by atoms with Crippen molar-refractivity contribution >= 4 is 40.0 Å². The van der Waals surface area contributed by atoms with Gasteiger partial charge in [-0.05, 0) is 36.4 Å². The number of aromatic nitrogens is 1. The summed E-state index contributed by atoms with van der Waals surface area (Å²) >= 11 is 1.25. The number of thiazole rings is 1. The Bertz CT molecular complexity index is 1090. The summed E-state index contributed by atoms with van der Waals surface area (Å²) < 4.78 is 15.3. The molecule has 0 fully saturated rings. The molecule has 31 heavy (non-hydrogen) atoms. The Morgan fingerprint density at radius 2 is 1.61 bits per heavy atom. The van der Waals surface area contributed by atoms with Crippen LogP contribution in [0, 0.1) is 0 Å². The Hall–Kier alpha value is -3.72.